The van der Waals surface area contributed by atoms with Crippen LogP contribution in [0.15, 0.2) is 30.3 Å². The van der Waals surface area contributed by atoms with E-state index in [4.69, 9.17) is 10.2 Å². The first-order valence-electron chi connectivity index (χ1n) is 8.79. The van der Waals surface area contributed by atoms with E-state index in [0.717, 1.165) is 12.5 Å². The molecule has 0 radical (unpaired) electrons. The maximum Gasteiger partial charge on any atom is 0.194 e. The molecule has 1 fully saturated rings. The fourth-order valence-electron chi connectivity index (χ4n) is 3.32. The fourth-order valence-corrected chi connectivity index (χ4v) is 5.26. The Morgan fingerprint density at radius 1 is 1.14 bits per heavy atom. The van der Waals surface area contributed by atoms with Gasteiger partial charge in [0.25, 0.3) is 0 Å². The number of hydrogen-bond donors (Lipinski definition) is 1. The zero-order chi connectivity index (χ0) is 16.2. The number of hydrogen-bond acceptors (Lipinski definition) is 2. The molecule has 2 rings (SSSR count). The van der Waals surface area contributed by atoms with Gasteiger partial charge in [-0.15, -0.1) is 0 Å². The van der Waals surface area contributed by atoms with Crippen LogP contribution in [0.5, 0.6) is 0 Å². The van der Waals surface area contributed by atoms with Crippen molar-refractivity contribution in [2.45, 2.75) is 70.1 Å². The van der Waals surface area contributed by atoms with Gasteiger partial charge in [0.15, 0.2) is 8.32 Å². The third kappa shape index (κ3) is 4.00. The standard InChI is InChI=1S/C19H33NOSi/c1-19(2,18(20)17-13-9-6-10-14-17)22(3,4)21-15-16-11-7-5-8-12-16/h6,9-10,13-14,16,18H,5,7-8,11-12,15,20H2,1-4H3. The molecule has 0 aromatic heterocycles. The van der Waals surface area contributed by atoms with Crippen LogP contribution in [0.4, 0.5) is 0 Å². The SMILES string of the molecule is CC(C)(C(N)c1ccccc1)[Si](C)(C)OCC1CCCCC1. The third-order valence-electron chi connectivity index (χ3n) is 5.89. The quantitative estimate of drug-likeness (QED) is 0.725. The van der Waals surface area contributed by atoms with Crippen LogP contribution in [0.3, 0.4) is 0 Å². The molecule has 0 heterocycles. The Morgan fingerprint density at radius 2 is 1.73 bits per heavy atom. The summed E-state index contributed by atoms with van der Waals surface area (Å²) < 4.78 is 6.54. The Balaban J connectivity index is 2.01. The van der Waals surface area contributed by atoms with Crippen molar-refractivity contribution in [2.24, 2.45) is 11.7 Å². The topological polar surface area (TPSA) is 35.2 Å². The molecule has 0 bridgehead atoms. The minimum atomic E-state index is -1.89. The maximum atomic E-state index is 6.62. The van der Waals surface area contributed by atoms with E-state index in [2.05, 4.69) is 51.2 Å². The van der Waals surface area contributed by atoms with E-state index in [9.17, 15) is 0 Å². The molecule has 0 spiro atoms. The number of rotatable bonds is 6. The summed E-state index contributed by atoms with van der Waals surface area (Å²) in [6, 6.07) is 10.5. The average molecular weight is 320 g/mol. The number of benzene rings is 1. The van der Waals surface area contributed by atoms with Crippen LogP contribution in [0, 0.1) is 5.92 Å². The van der Waals surface area contributed by atoms with Crippen molar-refractivity contribution >= 4 is 8.32 Å². The van der Waals surface area contributed by atoms with Crippen LogP contribution in [-0.2, 0) is 4.43 Å². The Morgan fingerprint density at radius 3 is 2.32 bits per heavy atom. The van der Waals surface area contributed by atoms with Gasteiger partial charge < -0.3 is 10.2 Å². The first kappa shape index (κ1) is 17.7. The lowest BCUT2D eigenvalue weighted by Gasteiger charge is -2.44. The molecule has 2 N–H and O–H groups in total. The monoisotopic (exact) mass is 319 g/mol. The molecular weight excluding hydrogens is 286 g/mol. The van der Waals surface area contributed by atoms with Crippen molar-refractivity contribution in [1.82, 2.24) is 0 Å². The molecule has 2 nitrogen and oxygen atoms in total. The highest BCUT2D eigenvalue weighted by Crippen LogP contribution is 2.47. The van der Waals surface area contributed by atoms with Crippen molar-refractivity contribution < 1.29 is 4.43 Å². The van der Waals surface area contributed by atoms with Gasteiger partial charge in [-0.3, -0.25) is 0 Å². The summed E-state index contributed by atoms with van der Waals surface area (Å²) in [5.74, 6) is 0.768. The summed E-state index contributed by atoms with van der Waals surface area (Å²) in [4.78, 5) is 0. The average Bonchev–Trinajstić information content (AvgIpc) is 2.54. The van der Waals surface area contributed by atoms with Gasteiger partial charge in [-0.2, -0.15) is 0 Å². The number of nitrogens with two attached hydrogens (primary N) is 1. The van der Waals surface area contributed by atoms with Gasteiger partial charge in [0.2, 0.25) is 0 Å². The van der Waals surface area contributed by atoms with Crippen LogP contribution in [0.1, 0.15) is 57.6 Å². The van der Waals surface area contributed by atoms with Gasteiger partial charge in [0.05, 0.1) is 0 Å². The molecule has 0 saturated heterocycles. The zero-order valence-corrected chi connectivity index (χ0v) is 15.8. The van der Waals surface area contributed by atoms with Crippen molar-refractivity contribution in [3.05, 3.63) is 35.9 Å². The molecule has 0 aliphatic heterocycles. The minimum Gasteiger partial charge on any atom is -0.416 e. The smallest absolute Gasteiger partial charge is 0.194 e. The molecule has 1 atom stereocenters. The lowest BCUT2D eigenvalue weighted by atomic mass is 9.90. The normalized spacial score (nSPS) is 19.1. The largest absolute Gasteiger partial charge is 0.416 e. The van der Waals surface area contributed by atoms with Gasteiger partial charge in [-0.1, -0.05) is 63.4 Å². The van der Waals surface area contributed by atoms with Crippen LogP contribution in [0.2, 0.25) is 18.1 Å². The van der Waals surface area contributed by atoms with E-state index < -0.39 is 8.32 Å². The summed E-state index contributed by atoms with van der Waals surface area (Å²) in [6.07, 6.45) is 6.85. The molecule has 124 valence electrons. The predicted octanol–water partition coefficient (Wildman–Crippen LogP) is 5.27. The molecule has 0 amide bonds. The van der Waals surface area contributed by atoms with Crippen molar-refractivity contribution in [1.29, 1.82) is 0 Å². The highest BCUT2D eigenvalue weighted by molar-refractivity contribution is 6.74. The summed E-state index contributed by atoms with van der Waals surface area (Å²) in [6.45, 7) is 10.2. The Hall–Kier alpha value is -0.643. The third-order valence-corrected chi connectivity index (χ3v) is 10.2. The van der Waals surface area contributed by atoms with Gasteiger partial charge in [0, 0.05) is 17.7 Å². The highest BCUT2D eigenvalue weighted by atomic mass is 28.4. The van der Waals surface area contributed by atoms with Gasteiger partial charge in [0.1, 0.15) is 0 Å². The van der Waals surface area contributed by atoms with E-state index in [1.807, 2.05) is 6.07 Å². The zero-order valence-electron chi connectivity index (χ0n) is 14.8. The first-order valence-corrected chi connectivity index (χ1v) is 11.7. The van der Waals surface area contributed by atoms with Crippen molar-refractivity contribution in [3.63, 3.8) is 0 Å². The molecule has 22 heavy (non-hydrogen) atoms. The van der Waals surface area contributed by atoms with Gasteiger partial charge in [-0.25, -0.2) is 0 Å². The van der Waals surface area contributed by atoms with Crippen molar-refractivity contribution in [3.8, 4) is 0 Å². The molecule has 1 aromatic carbocycles. The summed E-state index contributed by atoms with van der Waals surface area (Å²) >= 11 is 0. The van der Waals surface area contributed by atoms with Crippen LogP contribution in [0.25, 0.3) is 0 Å². The van der Waals surface area contributed by atoms with E-state index in [-0.39, 0.29) is 11.1 Å². The van der Waals surface area contributed by atoms with Crippen LogP contribution >= 0.6 is 0 Å². The van der Waals surface area contributed by atoms with E-state index >= 15 is 0 Å². The molecule has 1 saturated carbocycles. The fraction of sp³-hybridized carbons (Fsp3) is 0.684. The lowest BCUT2D eigenvalue weighted by molar-refractivity contribution is 0.188. The second-order valence-electron chi connectivity index (χ2n) is 7.94. The predicted molar refractivity (Wildman–Crippen MR) is 97.4 cm³/mol. The molecule has 1 aliphatic carbocycles. The molecule has 1 unspecified atom stereocenters. The van der Waals surface area contributed by atoms with Crippen LogP contribution < -0.4 is 5.73 Å². The van der Waals surface area contributed by atoms with E-state index in [1.54, 1.807) is 0 Å². The van der Waals surface area contributed by atoms with E-state index in [1.165, 1.54) is 37.7 Å². The second kappa shape index (κ2) is 7.29. The molecule has 1 aliphatic rings. The lowest BCUT2D eigenvalue weighted by Crippen LogP contribution is -2.48. The Kier molecular flexibility index (Phi) is 5.86. The van der Waals surface area contributed by atoms with Gasteiger partial charge >= 0.3 is 0 Å². The molecule has 1 aromatic rings. The first-order chi connectivity index (χ1) is 10.3. The van der Waals surface area contributed by atoms with E-state index in [0.29, 0.717) is 0 Å². The van der Waals surface area contributed by atoms with Crippen LogP contribution in [-0.4, -0.2) is 14.9 Å². The molecule has 3 heteroatoms. The summed E-state index contributed by atoms with van der Waals surface area (Å²) in [5.41, 5.74) is 7.84. The maximum absolute atomic E-state index is 6.62. The molecular formula is C19H33NOSi. The van der Waals surface area contributed by atoms with Crippen molar-refractivity contribution in [2.75, 3.05) is 6.61 Å². The highest BCUT2D eigenvalue weighted by Gasteiger charge is 2.46. The Labute approximate surface area is 137 Å². The Bertz CT molecular complexity index is 452. The van der Waals surface area contributed by atoms with Gasteiger partial charge in [-0.05, 0) is 37.4 Å². The summed E-state index contributed by atoms with van der Waals surface area (Å²) in [5, 5.41) is 0.00300. The summed E-state index contributed by atoms with van der Waals surface area (Å²) in [7, 11) is -1.89. The minimum absolute atomic E-state index is 0.00300. The second-order valence-corrected chi connectivity index (χ2v) is 12.5.